The maximum atomic E-state index is 11.4. The van der Waals surface area contributed by atoms with Crippen LogP contribution in [0, 0.1) is 16.7 Å². The SMILES string of the molecule is O=[N+]([O-])c1cc(Cn2cncn2)cc2cc(C3=N[CH]CS3)[nH]c12. The van der Waals surface area contributed by atoms with E-state index in [0.717, 1.165) is 27.4 Å². The van der Waals surface area contributed by atoms with E-state index in [-0.39, 0.29) is 10.6 Å². The number of hydrogen-bond acceptors (Lipinski definition) is 6. The smallest absolute Gasteiger partial charge is 0.293 e. The minimum atomic E-state index is -0.372. The van der Waals surface area contributed by atoms with Gasteiger partial charge in [-0.15, -0.1) is 11.8 Å². The van der Waals surface area contributed by atoms with Crippen LogP contribution in [0.5, 0.6) is 0 Å². The van der Waals surface area contributed by atoms with Gasteiger partial charge in [0.2, 0.25) is 0 Å². The van der Waals surface area contributed by atoms with Gasteiger partial charge in [0.25, 0.3) is 5.69 Å². The largest absolute Gasteiger partial charge is 0.347 e. The summed E-state index contributed by atoms with van der Waals surface area (Å²) in [6.45, 7) is 2.26. The van der Waals surface area contributed by atoms with Gasteiger partial charge in [-0.1, -0.05) is 0 Å². The van der Waals surface area contributed by atoms with Crippen LogP contribution in [0.2, 0.25) is 0 Å². The van der Waals surface area contributed by atoms with E-state index >= 15 is 0 Å². The molecular weight excluding hydrogens is 316 g/mol. The Balaban J connectivity index is 1.82. The first kappa shape index (κ1) is 13.9. The van der Waals surface area contributed by atoms with Crippen molar-refractivity contribution in [3.63, 3.8) is 0 Å². The van der Waals surface area contributed by atoms with Gasteiger partial charge in [0.15, 0.2) is 0 Å². The lowest BCUT2D eigenvalue weighted by Gasteiger charge is -2.02. The molecule has 0 bridgehead atoms. The molecule has 23 heavy (non-hydrogen) atoms. The van der Waals surface area contributed by atoms with Crippen molar-refractivity contribution >= 4 is 33.4 Å². The highest BCUT2D eigenvalue weighted by Gasteiger charge is 2.19. The van der Waals surface area contributed by atoms with Crippen LogP contribution in [0.1, 0.15) is 11.3 Å². The summed E-state index contributed by atoms with van der Waals surface area (Å²) >= 11 is 1.60. The van der Waals surface area contributed by atoms with E-state index in [4.69, 9.17) is 0 Å². The van der Waals surface area contributed by atoms with Crippen molar-refractivity contribution in [3.8, 4) is 0 Å². The van der Waals surface area contributed by atoms with E-state index in [9.17, 15) is 10.1 Å². The molecule has 3 heterocycles. The minimum Gasteiger partial charge on any atom is -0.347 e. The number of nitrogens with zero attached hydrogens (tertiary/aromatic N) is 5. The summed E-state index contributed by atoms with van der Waals surface area (Å²) in [5.41, 5.74) is 2.17. The van der Waals surface area contributed by atoms with Crippen LogP contribution < -0.4 is 0 Å². The number of aliphatic imine (C=N–C) groups is 1. The third kappa shape index (κ3) is 2.59. The van der Waals surface area contributed by atoms with E-state index in [1.807, 2.05) is 18.7 Å². The van der Waals surface area contributed by atoms with Gasteiger partial charge in [0.05, 0.1) is 23.7 Å². The molecule has 3 aromatic rings. The molecule has 1 aliphatic rings. The number of nitro groups is 1. The second-order valence-electron chi connectivity index (χ2n) is 5.04. The maximum Gasteiger partial charge on any atom is 0.293 e. The number of H-pyrrole nitrogens is 1. The number of non-ortho nitro benzene ring substituents is 1. The number of fused-ring (bicyclic) bond motifs is 1. The molecule has 0 amide bonds. The van der Waals surface area contributed by atoms with E-state index < -0.39 is 0 Å². The summed E-state index contributed by atoms with van der Waals surface area (Å²) in [4.78, 5) is 22.3. The fraction of sp³-hybridized carbons (Fsp3) is 0.143. The Hall–Kier alpha value is -2.68. The fourth-order valence-corrected chi connectivity index (χ4v) is 3.28. The maximum absolute atomic E-state index is 11.4. The number of thioether (sulfide) groups is 1. The van der Waals surface area contributed by atoms with Crippen LogP contribution in [0.25, 0.3) is 10.9 Å². The van der Waals surface area contributed by atoms with Crippen LogP contribution in [0.3, 0.4) is 0 Å². The molecule has 0 saturated carbocycles. The second kappa shape index (κ2) is 5.51. The Morgan fingerprint density at radius 2 is 2.30 bits per heavy atom. The fourth-order valence-electron chi connectivity index (χ4n) is 2.56. The highest BCUT2D eigenvalue weighted by Crippen LogP contribution is 2.30. The molecule has 1 aliphatic heterocycles. The molecule has 9 heteroatoms. The van der Waals surface area contributed by atoms with Crippen molar-refractivity contribution in [1.82, 2.24) is 19.7 Å². The first-order chi connectivity index (χ1) is 11.2. The molecular formula is C14H11N6O2S. The molecule has 1 N–H and O–H groups in total. The number of nitro benzene ring substituents is 1. The Bertz CT molecular complexity index is 915. The number of hydrogen-bond donors (Lipinski definition) is 1. The quantitative estimate of drug-likeness (QED) is 0.585. The lowest BCUT2D eigenvalue weighted by atomic mass is 10.1. The summed E-state index contributed by atoms with van der Waals surface area (Å²) < 4.78 is 1.63. The van der Waals surface area contributed by atoms with Gasteiger partial charge in [0, 0.05) is 17.2 Å². The lowest BCUT2D eigenvalue weighted by molar-refractivity contribution is -0.383. The van der Waals surface area contributed by atoms with Gasteiger partial charge < -0.3 is 4.98 Å². The zero-order valence-electron chi connectivity index (χ0n) is 11.8. The zero-order valence-corrected chi connectivity index (χ0v) is 12.7. The van der Waals surface area contributed by atoms with Gasteiger partial charge >= 0.3 is 0 Å². The second-order valence-corrected chi connectivity index (χ2v) is 6.05. The number of nitrogens with one attached hydrogen (secondary N) is 1. The molecule has 4 rings (SSSR count). The van der Waals surface area contributed by atoms with E-state index in [0.29, 0.717) is 12.1 Å². The van der Waals surface area contributed by atoms with E-state index in [1.165, 1.54) is 6.33 Å². The van der Waals surface area contributed by atoms with Crippen LogP contribution >= 0.6 is 11.8 Å². The van der Waals surface area contributed by atoms with Crippen molar-refractivity contribution in [1.29, 1.82) is 0 Å². The molecule has 0 atom stereocenters. The molecule has 0 spiro atoms. The van der Waals surface area contributed by atoms with Crippen LogP contribution in [0.15, 0.2) is 35.8 Å². The molecule has 1 aromatic carbocycles. The van der Waals surface area contributed by atoms with Crippen molar-refractivity contribution in [2.45, 2.75) is 6.54 Å². The Kier molecular flexibility index (Phi) is 3.34. The first-order valence-electron chi connectivity index (χ1n) is 6.86. The summed E-state index contributed by atoms with van der Waals surface area (Å²) in [7, 11) is 0. The van der Waals surface area contributed by atoms with E-state index in [1.54, 1.807) is 28.8 Å². The molecule has 0 saturated heterocycles. The van der Waals surface area contributed by atoms with Gasteiger partial charge in [-0.3, -0.25) is 15.1 Å². The number of aromatic amines is 1. The lowest BCUT2D eigenvalue weighted by Crippen LogP contribution is -2.01. The summed E-state index contributed by atoms with van der Waals surface area (Å²) in [5.74, 6) is 0.824. The highest BCUT2D eigenvalue weighted by molar-refractivity contribution is 8.14. The van der Waals surface area contributed by atoms with Gasteiger partial charge in [-0.2, -0.15) is 5.10 Å². The topological polar surface area (TPSA) is 102 Å². The summed E-state index contributed by atoms with van der Waals surface area (Å²) in [6.07, 6.45) is 3.02. The Morgan fingerprint density at radius 1 is 1.39 bits per heavy atom. The van der Waals surface area contributed by atoms with Crippen molar-refractivity contribution in [2.24, 2.45) is 4.99 Å². The monoisotopic (exact) mass is 327 g/mol. The third-order valence-corrected chi connectivity index (χ3v) is 4.42. The summed E-state index contributed by atoms with van der Waals surface area (Å²) in [6, 6.07) is 5.39. The predicted molar refractivity (Wildman–Crippen MR) is 87.4 cm³/mol. The van der Waals surface area contributed by atoms with Gasteiger partial charge in [0.1, 0.15) is 23.2 Å². The van der Waals surface area contributed by atoms with Crippen LogP contribution in [-0.4, -0.2) is 35.5 Å². The standard InChI is InChI=1S/C14H11N6O2S/c21-20(22)12-4-9(6-19-8-15-7-17-19)3-10-5-11(18-13(10)12)14-16-1-2-23-14/h1,3-5,7-8,18H,2,6H2. The predicted octanol–water partition coefficient (Wildman–Crippen LogP) is 2.37. The number of aromatic nitrogens is 4. The number of benzene rings is 1. The minimum absolute atomic E-state index is 0.0523. The van der Waals surface area contributed by atoms with E-state index in [2.05, 4.69) is 20.1 Å². The number of rotatable bonds is 4. The molecule has 115 valence electrons. The molecule has 8 nitrogen and oxygen atoms in total. The van der Waals surface area contributed by atoms with Crippen molar-refractivity contribution in [3.05, 3.63) is 58.8 Å². The molecule has 0 aliphatic carbocycles. The highest BCUT2D eigenvalue weighted by atomic mass is 32.2. The summed E-state index contributed by atoms with van der Waals surface area (Å²) in [5, 5.41) is 17.1. The Labute approximate surface area is 134 Å². The molecule has 1 radical (unpaired) electrons. The third-order valence-electron chi connectivity index (χ3n) is 3.51. The van der Waals surface area contributed by atoms with Gasteiger partial charge in [-0.25, -0.2) is 9.67 Å². The Morgan fingerprint density at radius 3 is 3.00 bits per heavy atom. The molecule has 0 unspecified atom stereocenters. The molecule has 0 fully saturated rings. The average molecular weight is 327 g/mol. The van der Waals surface area contributed by atoms with Crippen LogP contribution in [-0.2, 0) is 6.54 Å². The molecule has 2 aromatic heterocycles. The zero-order chi connectivity index (χ0) is 15.8. The average Bonchev–Trinajstić information content (AvgIpc) is 3.27. The van der Waals surface area contributed by atoms with Crippen molar-refractivity contribution in [2.75, 3.05) is 5.75 Å². The van der Waals surface area contributed by atoms with Crippen LogP contribution in [0.4, 0.5) is 5.69 Å². The van der Waals surface area contributed by atoms with Crippen molar-refractivity contribution < 1.29 is 4.92 Å². The normalized spacial score (nSPS) is 14.3. The first-order valence-corrected chi connectivity index (χ1v) is 7.84. The van der Waals surface area contributed by atoms with Gasteiger partial charge in [-0.05, 0) is 17.7 Å².